The number of aromatic amines is 1. The van der Waals surface area contributed by atoms with E-state index < -0.39 is 17.3 Å². The summed E-state index contributed by atoms with van der Waals surface area (Å²) in [6.45, 7) is -0.101. The molecule has 1 atom stereocenters. The lowest BCUT2D eigenvalue weighted by Gasteiger charge is -2.21. The van der Waals surface area contributed by atoms with Crippen molar-refractivity contribution in [2.75, 3.05) is 13.1 Å². The highest BCUT2D eigenvalue weighted by atomic mass is 19.1. The van der Waals surface area contributed by atoms with Crippen LogP contribution >= 0.6 is 0 Å². The van der Waals surface area contributed by atoms with Crippen LogP contribution < -0.4 is 0 Å². The summed E-state index contributed by atoms with van der Waals surface area (Å²) in [4.78, 5) is 14.0. The van der Waals surface area contributed by atoms with Crippen molar-refractivity contribution in [3.8, 4) is 0 Å². The van der Waals surface area contributed by atoms with E-state index in [1.54, 1.807) is 18.2 Å². The van der Waals surface area contributed by atoms with Crippen LogP contribution in [-0.2, 0) is 5.67 Å². The van der Waals surface area contributed by atoms with Gasteiger partial charge >= 0.3 is 0 Å². The Bertz CT molecular complexity index is 953. The van der Waals surface area contributed by atoms with Gasteiger partial charge in [-0.1, -0.05) is 0 Å². The molecule has 1 amide bonds. The fourth-order valence-electron chi connectivity index (χ4n) is 3.15. The molecule has 25 heavy (non-hydrogen) atoms. The van der Waals surface area contributed by atoms with E-state index in [0.29, 0.717) is 22.7 Å². The Morgan fingerprint density at radius 2 is 1.80 bits per heavy atom. The maximum atomic E-state index is 15.2. The van der Waals surface area contributed by atoms with Crippen molar-refractivity contribution in [1.82, 2.24) is 20.3 Å². The molecule has 0 radical (unpaired) electrons. The van der Waals surface area contributed by atoms with Crippen molar-refractivity contribution in [2.24, 2.45) is 0 Å². The van der Waals surface area contributed by atoms with Gasteiger partial charge in [0, 0.05) is 24.6 Å². The van der Waals surface area contributed by atoms with Crippen LogP contribution in [0.15, 0.2) is 36.4 Å². The number of fused-ring (bicyclic) bond motifs is 1. The van der Waals surface area contributed by atoms with E-state index in [9.17, 15) is 13.6 Å². The first-order chi connectivity index (χ1) is 11.9. The number of likely N-dealkylation sites (tertiary alicyclic amines) is 1. The molecule has 4 rings (SSSR count). The molecular weight excluding hydrogens is 333 g/mol. The molecule has 0 aliphatic carbocycles. The minimum Gasteiger partial charge on any atom is -0.335 e. The van der Waals surface area contributed by atoms with Crippen molar-refractivity contribution in [3.05, 3.63) is 59.2 Å². The number of hydrogen-bond donors (Lipinski definition) is 1. The van der Waals surface area contributed by atoms with Gasteiger partial charge in [-0.25, -0.2) is 13.2 Å². The van der Waals surface area contributed by atoms with E-state index in [0.717, 1.165) is 12.1 Å². The summed E-state index contributed by atoms with van der Waals surface area (Å²) >= 11 is 0. The summed E-state index contributed by atoms with van der Waals surface area (Å²) < 4.78 is 42.0. The predicted octanol–water partition coefficient (Wildman–Crippen LogP) is 2.95. The molecule has 1 N–H and O–H groups in total. The average Bonchev–Trinajstić information content (AvgIpc) is 3.20. The first-order valence-electron chi connectivity index (χ1n) is 7.70. The largest absolute Gasteiger partial charge is 0.335 e. The molecule has 1 unspecified atom stereocenters. The Balaban J connectivity index is 1.59. The lowest BCUT2D eigenvalue weighted by molar-refractivity contribution is 0.0750. The number of benzene rings is 2. The second-order valence-corrected chi connectivity index (χ2v) is 6.13. The Hall–Kier alpha value is -2.90. The van der Waals surface area contributed by atoms with Gasteiger partial charge in [0.25, 0.3) is 5.91 Å². The number of carbonyl (C=O) groups is 1. The molecule has 1 aliphatic rings. The van der Waals surface area contributed by atoms with Crippen LogP contribution in [0.25, 0.3) is 11.0 Å². The molecule has 1 fully saturated rings. The molecule has 128 valence electrons. The van der Waals surface area contributed by atoms with Gasteiger partial charge in [-0.3, -0.25) is 4.79 Å². The number of carbonyl (C=O) groups excluding carboxylic acids is 1. The van der Waals surface area contributed by atoms with Crippen molar-refractivity contribution < 1.29 is 18.0 Å². The molecule has 2 aromatic carbocycles. The summed E-state index contributed by atoms with van der Waals surface area (Å²) in [5.74, 6) is -2.04. The van der Waals surface area contributed by atoms with Crippen molar-refractivity contribution in [3.63, 3.8) is 0 Å². The number of hydrogen-bond acceptors (Lipinski definition) is 3. The second kappa shape index (κ2) is 5.58. The number of alkyl halides is 1. The smallest absolute Gasteiger partial charge is 0.254 e. The highest BCUT2D eigenvalue weighted by Gasteiger charge is 2.42. The van der Waals surface area contributed by atoms with Gasteiger partial charge in [0.15, 0.2) is 5.67 Å². The Morgan fingerprint density at radius 3 is 2.56 bits per heavy atom. The van der Waals surface area contributed by atoms with E-state index in [1.165, 1.54) is 4.90 Å². The molecule has 0 bridgehead atoms. The SMILES string of the molecule is O=C(c1ccc2n[nH]nc2c1)N1CCC(F)(c2cc(F)cc(F)c2)C1. The van der Waals surface area contributed by atoms with Crippen LogP contribution in [0.3, 0.4) is 0 Å². The van der Waals surface area contributed by atoms with Gasteiger partial charge in [0.1, 0.15) is 22.7 Å². The lowest BCUT2D eigenvalue weighted by atomic mass is 9.95. The molecule has 1 saturated heterocycles. The van der Waals surface area contributed by atoms with E-state index >= 15 is 4.39 Å². The molecule has 0 spiro atoms. The molecule has 5 nitrogen and oxygen atoms in total. The maximum Gasteiger partial charge on any atom is 0.254 e. The minimum atomic E-state index is -1.98. The topological polar surface area (TPSA) is 61.9 Å². The van der Waals surface area contributed by atoms with Gasteiger partial charge in [-0.05, 0) is 35.9 Å². The number of nitrogens with one attached hydrogen (secondary N) is 1. The molecule has 1 aliphatic heterocycles. The Morgan fingerprint density at radius 1 is 1.08 bits per heavy atom. The summed E-state index contributed by atoms with van der Waals surface area (Å²) in [7, 11) is 0. The van der Waals surface area contributed by atoms with E-state index in [4.69, 9.17) is 0 Å². The minimum absolute atomic E-state index is 0.0200. The summed E-state index contributed by atoms with van der Waals surface area (Å²) in [5.41, 5.74) is -0.559. The van der Waals surface area contributed by atoms with Crippen molar-refractivity contribution >= 4 is 16.9 Å². The molecule has 8 heteroatoms. The summed E-state index contributed by atoms with van der Waals surface area (Å²) in [6.07, 6.45) is -0.0200. The number of H-pyrrole nitrogens is 1. The molecule has 2 heterocycles. The Labute approximate surface area is 140 Å². The van der Waals surface area contributed by atoms with Crippen LogP contribution in [0.2, 0.25) is 0 Å². The average molecular weight is 346 g/mol. The molecular formula is C17H13F3N4O. The zero-order valence-electron chi connectivity index (χ0n) is 13.0. The van der Waals surface area contributed by atoms with Gasteiger partial charge < -0.3 is 4.90 Å². The quantitative estimate of drug-likeness (QED) is 0.776. The molecule has 3 aromatic rings. The maximum absolute atomic E-state index is 15.2. The van der Waals surface area contributed by atoms with Crippen molar-refractivity contribution in [1.29, 1.82) is 0 Å². The van der Waals surface area contributed by atoms with Crippen LogP contribution in [0.1, 0.15) is 22.3 Å². The third kappa shape index (κ3) is 2.73. The standard InChI is InChI=1S/C17H13F3N4O/c18-12-6-11(7-13(19)8-12)17(20)3-4-24(9-17)16(25)10-1-2-14-15(5-10)22-23-21-14/h1-2,5-8H,3-4,9H2,(H,21,22,23). The van der Waals surface area contributed by atoms with Crippen LogP contribution in [0.5, 0.6) is 0 Å². The third-order valence-corrected chi connectivity index (χ3v) is 4.45. The zero-order valence-corrected chi connectivity index (χ0v) is 13.0. The predicted molar refractivity (Wildman–Crippen MR) is 83.6 cm³/mol. The van der Waals surface area contributed by atoms with Crippen LogP contribution in [-0.4, -0.2) is 39.3 Å². The second-order valence-electron chi connectivity index (χ2n) is 6.13. The number of aromatic nitrogens is 3. The third-order valence-electron chi connectivity index (χ3n) is 4.45. The summed E-state index contributed by atoms with van der Waals surface area (Å²) in [5, 5.41) is 10.3. The van der Waals surface area contributed by atoms with Gasteiger partial charge in [0.2, 0.25) is 0 Å². The molecule has 0 saturated carbocycles. The Kier molecular flexibility index (Phi) is 3.48. The molecule has 1 aromatic heterocycles. The zero-order chi connectivity index (χ0) is 17.6. The normalized spacial score (nSPS) is 20.4. The van der Waals surface area contributed by atoms with E-state index in [1.807, 2.05) is 0 Å². The first kappa shape index (κ1) is 15.6. The number of nitrogens with zero attached hydrogens (tertiary/aromatic N) is 3. The van der Waals surface area contributed by atoms with Gasteiger partial charge in [0.05, 0.1) is 6.54 Å². The number of amides is 1. The highest BCUT2D eigenvalue weighted by molar-refractivity contribution is 5.97. The van der Waals surface area contributed by atoms with E-state index in [-0.39, 0.29) is 31.0 Å². The van der Waals surface area contributed by atoms with Gasteiger partial charge in [-0.2, -0.15) is 15.4 Å². The first-order valence-corrected chi connectivity index (χ1v) is 7.70. The fraction of sp³-hybridized carbons (Fsp3) is 0.235. The van der Waals surface area contributed by atoms with E-state index in [2.05, 4.69) is 15.4 Å². The fourth-order valence-corrected chi connectivity index (χ4v) is 3.15. The lowest BCUT2D eigenvalue weighted by Crippen LogP contribution is -2.32. The number of rotatable bonds is 2. The van der Waals surface area contributed by atoms with Gasteiger partial charge in [-0.15, -0.1) is 0 Å². The van der Waals surface area contributed by atoms with Crippen LogP contribution in [0.4, 0.5) is 13.2 Å². The highest BCUT2D eigenvalue weighted by Crippen LogP contribution is 2.37. The number of halogens is 3. The monoisotopic (exact) mass is 346 g/mol. The summed E-state index contributed by atoms with van der Waals surface area (Å²) in [6, 6.07) is 7.44. The van der Waals surface area contributed by atoms with Crippen molar-refractivity contribution in [2.45, 2.75) is 12.1 Å². The van der Waals surface area contributed by atoms with Crippen LogP contribution in [0, 0.1) is 11.6 Å².